The Balaban J connectivity index is 1.99. The topological polar surface area (TPSA) is 76.1 Å². The summed E-state index contributed by atoms with van der Waals surface area (Å²) in [6, 6.07) is 15.3. The number of likely N-dealkylation sites (N-methyl/N-ethyl adjacent to an activating group) is 1. The number of hydrogen-bond donors (Lipinski definition) is 1. The van der Waals surface area contributed by atoms with Crippen molar-refractivity contribution in [2.24, 2.45) is 0 Å². The van der Waals surface area contributed by atoms with Crippen LogP contribution < -0.4 is 4.74 Å². The Morgan fingerprint density at radius 2 is 1.68 bits per heavy atom. The van der Waals surface area contributed by atoms with Crippen LogP contribution >= 0.6 is 0 Å². The number of ether oxygens (including phenoxy) is 2. The van der Waals surface area contributed by atoms with E-state index in [2.05, 4.69) is 0 Å². The molecule has 2 aromatic carbocycles. The maximum Gasteiger partial charge on any atom is 0.410 e. The van der Waals surface area contributed by atoms with Gasteiger partial charge in [-0.1, -0.05) is 42.5 Å². The van der Waals surface area contributed by atoms with E-state index in [1.807, 2.05) is 30.3 Å². The van der Waals surface area contributed by atoms with Crippen LogP contribution in [-0.4, -0.2) is 42.3 Å². The molecule has 0 heterocycles. The lowest BCUT2D eigenvalue weighted by Gasteiger charge is -2.24. The maximum atomic E-state index is 12.2. The fraction of sp³-hybridized carbons (Fsp3) is 0.263. The molecule has 2 aromatic rings. The first kappa shape index (κ1) is 18.3. The number of carboxylic acids is 1. The molecular formula is C19H21NO5. The van der Waals surface area contributed by atoms with E-state index >= 15 is 0 Å². The second kappa shape index (κ2) is 8.73. The monoisotopic (exact) mass is 343 g/mol. The molecule has 0 spiro atoms. The van der Waals surface area contributed by atoms with E-state index in [1.54, 1.807) is 31.4 Å². The Kier molecular flexibility index (Phi) is 6.39. The van der Waals surface area contributed by atoms with Crippen LogP contribution in [0.4, 0.5) is 4.79 Å². The SMILES string of the molecule is COc1ccc(C[C@H](C(=O)O)N(C)C(=O)OCc2ccccc2)cc1. The number of carbonyl (C=O) groups excluding carboxylic acids is 1. The molecule has 25 heavy (non-hydrogen) atoms. The van der Waals surface area contributed by atoms with E-state index in [4.69, 9.17) is 9.47 Å². The molecule has 1 atom stereocenters. The summed E-state index contributed by atoms with van der Waals surface area (Å²) in [6.45, 7) is 0.0961. The largest absolute Gasteiger partial charge is 0.497 e. The normalized spacial score (nSPS) is 11.4. The number of carbonyl (C=O) groups is 2. The summed E-state index contributed by atoms with van der Waals surface area (Å²) in [5.41, 5.74) is 1.63. The van der Waals surface area contributed by atoms with Crippen LogP contribution in [0, 0.1) is 0 Å². The molecule has 0 aliphatic heterocycles. The zero-order valence-corrected chi connectivity index (χ0v) is 14.2. The Bertz CT molecular complexity index is 700. The van der Waals surface area contributed by atoms with E-state index < -0.39 is 18.1 Å². The van der Waals surface area contributed by atoms with Gasteiger partial charge in [-0.25, -0.2) is 9.59 Å². The number of nitrogens with zero attached hydrogens (tertiary/aromatic N) is 1. The van der Waals surface area contributed by atoms with Crippen molar-refractivity contribution in [3.63, 3.8) is 0 Å². The van der Waals surface area contributed by atoms with E-state index in [0.29, 0.717) is 5.75 Å². The predicted octanol–water partition coefficient (Wildman–Crippen LogP) is 2.96. The van der Waals surface area contributed by atoms with Gasteiger partial charge in [-0.15, -0.1) is 0 Å². The number of amides is 1. The van der Waals surface area contributed by atoms with Gasteiger partial charge in [0.25, 0.3) is 0 Å². The molecule has 0 aliphatic carbocycles. The Hall–Kier alpha value is -3.02. The second-order valence-corrected chi connectivity index (χ2v) is 5.56. The van der Waals surface area contributed by atoms with Gasteiger partial charge in [0.2, 0.25) is 0 Å². The van der Waals surface area contributed by atoms with Crippen LogP contribution in [-0.2, 0) is 22.6 Å². The number of aliphatic carboxylic acids is 1. The molecule has 1 amide bonds. The van der Waals surface area contributed by atoms with Crippen molar-refractivity contribution in [2.45, 2.75) is 19.1 Å². The quantitative estimate of drug-likeness (QED) is 0.836. The number of methoxy groups -OCH3 is 1. The first-order valence-corrected chi connectivity index (χ1v) is 7.80. The van der Waals surface area contributed by atoms with Gasteiger partial charge in [-0.3, -0.25) is 4.90 Å². The zero-order chi connectivity index (χ0) is 18.2. The number of hydrogen-bond acceptors (Lipinski definition) is 4. The summed E-state index contributed by atoms with van der Waals surface area (Å²) in [4.78, 5) is 24.9. The highest BCUT2D eigenvalue weighted by molar-refractivity contribution is 5.80. The minimum atomic E-state index is -1.09. The van der Waals surface area contributed by atoms with E-state index in [1.165, 1.54) is 7.05 Å². The molecule has 2 rings (SSSR count). The average molecular weight is 343 g/mol. The average Bonchev–Trinajstić information content (AvgIpc) is 2.64. The summed E-state index contributed by atoms with van der Waals surface area (Å²) < 4.78 is 10.3. The molecule has 0 fully saturated rings. The summed E-state index contributed by atoms with van der Waals surface area (Å²) >= 11 is 0. The molecule has 132 valence electrons. The summed E-state index contributed by atoms with van der Waals surface area (Å²) in [7, 11) is 2.99. The first-order chi connectivity index (χ1) is 12.0. The Morgan fingerprint density at radius 3 is 2.24 bits per heavy atom. The van der Waals surface area contributed by atoms with E-state index in [-0.39, 0.29) is 13.0 Å². The van der Waals surface area contributed by atoms with Crippen LogP contribution in [0.15, 0.2) is 54.6 Å². The Labute approximate surface area is 146 Å². The highest BCUT2D eigenvalue weighted by Gasteiger charge is 2.28. The standard InChI is InChI=1S/C19H21NO5/c1-20(19(23)25-13-15-6-4-3-5-7-15)17(18(21)22)12-14-8-10-16(24-2)11-9-14/h3-11,17H,12-13H2,1-2H3,(H,21,22)/t17-/m1/s1. The van der Waals surface area contributed by atoms with Crippen molar-refractivity contribution in [2.75, 3.05) is 14.2 Å². The fourth-order valence-electron chi connectivity index (χ4n) is 2.32. The highest BCUT2D eigenvalue weighted by atomic mass is 16.6. The van der Waals surface area contributed by atoms with Crippen LogP contribution in [0.3, 0.4) is 0 Å². The lowest BCUT2D eigenvalue weighted by Crippen LogP contribution is -2.44. The van der Waals surface area contributed by atoms with Gasteiger partial charge in [0.15, 0.2) is 0 Å². The number of carboxylic acid groups (broad SMARTS) is 1. The van der Waals surface area contributed by atoms with Gasteiger partial charge in [0.05, 0.1) is 7.11 Å². The summed E-state index contributed by atoms with van der Waals surface area (Å²) in [6.07, 6.45) is -0.499. The summed E-state index contributed by atoms with van der Waals surface area (Å²) in [5, 5.41) is 9.47. The molecular weight excluding hydrogens is 322 g/mol. The van der Waals surface area contributed by atoms with Crippen molar-refractivity contribution in [1.29, 1.82) is 0 Å². The minimum absolute atomic E-state index is 0.0961. The van der Waals surface area contributed by atoms with Gasteiger partial charge in [-0.05, 0) is 23.3 Å². The first-order valence-electron chi connectivity index (χ1n) is 7.80. The Morgan fingerprint density at radius 1 is 1.04 bits per heavy atom. The second-order valence-electron chi connectivity index (χ2n) is 5.56. The maximum absolute atomic E-state index is 12.2. The molecule has 0 aromatic heterocycles. The predicted molar refractivity (Wildman–Crippen MR) is 92.5 cm³/mol. The van der Waals surface area contributed by atoms with Crippen molar-refractivity contribution >= 4 is 12.1 Å². The molecule has 0 saturated heterocycles. The molecule has 6 heteroatoms. The molecule has 6 nitrogen and oxygen atoms in total. The van der Waals surface area contributed by atoms with Crippen LogP contribution in [0.2, 0.25) is 0 Å². The fourth-order valence-corrected chi connectivity index (χ4v) is 2.32. The van der Waals surface area contributed by atoms with E-state index in [9.17, 15) is 14.7 Å². The molecule has 1 N–H and O–H groups in total. The lowest BCUT2D eigenvalue weighted by molar-refractivity contribution is -0.142. The summed E-state index contributed by atoms with van der Waals surface area (Å²) in [5.74, 6) is -0.402. The van der Waals surface area contributed by atoms with Crippen molar-refractivity contribution in [1.82, 2.24) is 4.90 Å². The van der Waals surface area contributed by atoms with Crippen LogP contribution in [0.1, 0.15) is 11.1 Å². The molecule has 0 bridgehead atoms. The van der Waals surface area contributed by atoms with Gasteiger partial charge in [-0.2, -0.15) is 0 Å². The highest BCUT2D eigenvalue weighted by Crippen LogP contribution is 2.15. The third-order valence-electron chi connectivity index (χ3n) is 3.83. The molecule has 0 aliphatic rings. The third-order valence-corrected chi connectivity index (χ3v) is 3.83. The zero-order valence-electron chi connectivity index (χ0n) is 14.2. The number of rotatable bonds is 7. The van der Waals surface area contributed by atoms with Crippen LogP contribution in [0.25, 0.3) is 0 Å². The number of benzene rings is 2. The van der Waals surface area contributed by atoms with Gasteiger partial charge in [0.1, 0.15) is 18.4 Å². The lowest BCUT2D eigenvalue weighted by atomic mass is 10.1. The van der Waals surface area contributed by atoms with Gasteiger partial charge in [0, 0.05) is 13.5 Å². The third kappa shape index (κ3) is 5.24. The molecule has 0 radical (unpaired) electrons. The van der Waals surface area contributed by atoms with Gasteiger partial charge >= 0.3 is 12.1 Å². The minimum Gasteiger partial charge on any atom is -0.497 e. The van der Waals surface area contributed by atoms with Crippen molar-refractivity contribution < 1.29 is 24.2 Å². The van der Waals surface area contributed by atoms with Crippen molar-refractivity contribution in [3.05, 3.63) is 65.7 Å². The van der Waals surface area contributed by atoms with Crippen LogP contribution in [0.5, 0.6) is 5.75 Å². The molecule has 0 saturated carbocycles. The van der Waals surface area contributed by atoms with Crippen molar-refractivity contribution in [3.8, 4) is 5.75 Å². The van der Waals surface area contributed by atoms with E-state index in [0.717, 1.165) is 16.0 Å². The molecule has 0 unspecified atom stereocenters. The smallest absolute Gasteiger partial charge is 0.410 e. The van der Waals surface area contributed by atoms with Gasteiger partial charge < -0.3 is 14.6 Å².